The van der Waals surface area contributed by atoms with Crippen LogP contribution in [0.5, 0.6) is 5.75 Å². The Labute approximate surface area is 148 Å². The van der Waals surface area contributed by atoms with Gasteiger partial charge in [-0.1, -0.05) is 36.4 Å². The molecule has 3 rings (SSSR count). The number of anilines is 1. The van der Waals surface area contributed by atoms with Crippen LogP contribution in [0.4, 0.5) is 5.69 Å². The first kappa shape index (κ1) is 17.0. The summed E-state index contributed by atoms with van der Waals surface area (Å²) in [5.74, 6) is 0.713. The summed E-state index contributed by atoms with van der Waals surface area (Å²) in [4.78, 5) is 4.50. The number of benzene rings is 2. The lowest BCUT2D eigenvalue weighted by Gasteiger charge is -2.21. The van der Waals surface area contributed by atoms with Crippen LogP contribution in [0.3, 0.4) is 0 Å². The van der Waals surface area contributed by atoms with E-state index < -0.39 is 0 Å². The van der Waals surface area contributed by atoms with Gasteiger partial charge in [0.05, 0.1) is 24.9 Å². The number of aliphatic hydroxyl groups is 1. The number of hydrogen-bond acceptors (Lipinski definition) is 4. The largest absolute Gasteiger partial charge is 0.494 e. The maximum absolute atomic E-state index is 9.62. The van der Waals surface area contributed by atoms with E-state index in [1.165, 1.54) is 0 Å². The predicted molar refractivity (Wildman–Crippen MR) is 99.7 cm³/mol. The second-order valence-electron chi connectivity index (χ2n) is 5.66. The number of nitrogens with one attached hydrogen (secondary N) is 1. The van der Waals surface area contributed by atoms with Crippen LogP contribution >= 0.6 is 0 Å². The van der Waals surface area contributed by atoms with Crippen LogP contribution < -0.4 is 10.1 Å². The highest BCUT2D eigenvalue weighted by molar-refractivity contribution is 5.54. The maximum atomic E-state index is 9.62. The fourth-order valence-corrected chi connectivity index (χ4v) is 2.78. The van der Waals surface area contributed by atoms with Crippen molar-refractivity contribution in [2.24, 2.45) is 0 Å². The molecular formula is C21H22N2O2. The SMILES string of the molecule is CCOc1ccc(NC(c2ccccc2)c2ccccn2)cc1CO. The van der Waals surface area contributed by atoms with E-state index in [9.17, 15) is 5.11 Å². The van der Waals surface area contributed by atoms with E-state index in [1.54, 1.807) is 6.20 Å². The average molecular weight is 334 g/mol. The summed E-state index contributed by atoms with van der Waals surface area (Å²) in [6, 6.07) is 21.8. The molecule has 128 valence electrons. The third-order valence-corrected chi connectivity index (χ3v) is 3.96. The van der Waals surface area contributed by atoms with Crippen LogP contribution in [0.15, 0.2) is 72.9 Å². The number of aliphatic hydroxyl groups excluding tert-OH is 1. The fourth-order valence-electron chi connectivity index (χ4n) is 2.78. The molecule has 1 heterocycles. The van der Waals surface area contributed by atoms with Crippen molar-refractivity contribution >= 4 is 5.69 Å². The first-order valence-corrected chi connectivity index (χ1v) is 8.40. The van der Waals surface area contributed by atoms with Gasteiger partial charge in [0.2, 0.25) is 0 Å². The number of rotatable bonds is 7. The van der Waals surface area contributed by atoms with E-state index in [1.807, 2.05) is 61.5 Å². The van der Waals surface area contributed by atoms with Gasteiger partial charge in [-0.2, -0.15) is 0 Å². The highest BCUT2D eigenvalue weighted by atomic mass is 16.5. The fraction of sp³-hybridized carbons (Fsp3) is 0.190. The van der Waals surface area contributed by atoms with Gasteiger partial charge in [-0.25, -0.2) is 0 Å². The van der Waals surface area contributed by atoms with Gasteiger partial charge in [-0.05, 0) is 42.8 Å². The third-order valence-electron chi connectivity index (χ3n) is 3.96. The maximum Gasteiger partial charge on any atom is 0.124 e. The van der Waals surface area contributed by atoms with E-state index in [4.69, 9.17) is 4.74 Å². The zero-order chi connectivity index (χ0) is 17.5. The Bertz CT molecular complexity index is 752. The molecule has 1 aromatic heterocycles. The lowest BCUT2D eigenvalue weighted by atomic mass is 10.0. The van der Waals surface area contributed by atoms with E-state index in [-0.39, 0.29) is 12.6 Å². The smallest absolute Gasteiger partial charge is 0.124 e. The van der Waals surface area contributed by atoms with Crippen LogP contribution in [-0.4, -0.2) is 16.7 Å². The second-order valence-corrected chi connectivity index (χ2v) is 5.66. The highest BCUT2D eigenvalue weighted by Gasteiger charge is 2.15. The molecule has 1 unspecified atom stereocenters. The normalized spacial score (nSPS) is 11.8. The van der Waals surface area contributed by atoms with Gasteiger partial charge in [0.25, 0.3) is 0 Å². The number of nitrogens with zero attached hydrogens (tertiary/aromatic N) is 1. The summed E-state index contributed by atoms with van der Waals surface area (Å²) in [6.07, 6.45) is 1.80. The predicted octanol–water partition coefficient (Wildman–Crippen LogP) is 4.17. The molecule has 0 aliphatic rings. The molecule has 0 aliphatic carbocycles. The van der Waals surface area contributed by atoms with Crippen LogP contribution in [0.2, 0.25) is 0 Å². The van der Waals surface area contributed by atoms with E-state index in [0.29, 0.717) is 12.4 Å². The van der Waals surface area contributed by atoms with Crippen LogP contribution in [-0.2, 0) is 6.61 Å². The molecular weight excluding hydrogens is 312 g/mol. The zero-order valence-corrected chi connectivity index (χ0v) is 14.2. The van der Waals surface area contributed by atoms with E-state index in [0.717, 1.165) is 22.5 Å². The third kappa shape index (κ3) is 4.17. The lowest BCUT2D eigenvalue weighted by Crippen LogP contribution is -2.14. The van der Waals surface area contributed by atoms with Crippen molar-refractivity contribution in [1.29, 1.82) is 0 Å². The summed E-state index contributed by atoms with van der Waals surface area (Å²) in [7, 11) is 0. The van der Waals surface area contributed by atoms with Crippen molar-refractivity contribution in [3.63, 3.8) is 0 Å². The highest BCUT2D eigenvalue weighted by Crippen LogP contribution is 2.28. The van der Waals surface area contributed by atoms with Crippen molar-refractivity contribution in [3.05, 3.63) is 89.7 Å². The summed E-state index contributed by atoms with van der Waals surface area (Å²) in [6.45, 7) is 2.44. The van der Waals surface area contributed by atoms with Crippen LogP contribution in [0.1, 0.15) is 29.8 Å². The Balaban J connectivity index is 1.93. The molecule has 0 spiro atoms. The molecule has 2 aromatic carbocycles. The van der Waals surface area contributed by atoms with Gasteiger partial charge < -0.3 is 15.2 Å². The molecule has 25 heavy (non-hydrogen) atoms. The molecule has 0 radical (unpaired) electrons. The van der Waals surface area contributed by atoms with Gasteiger partial charge >= 0.3 is 0 Å². The van der Waals surface area contributed by atoms with Gasteiger partial charge in [0.15, 0.2) is 0 Å². The van der Waals surface area contributed by atoms with E-state index in [2.05, 4.69) is 22.4 Å². The van der Waals surface area contributed by atoms with Crippen molar-refractivity contribution in [2.45, 2.75) is 19.6 Å². The zero-order valence-electron chi connectivity index (χ0n) is 14.2. The summed E-state index contributed by atoms with van der Waals surface area (Å²) >= 11 is 0. The molecule has 0 aliphatic heterocycles. The summed E-state index contributed by atoms with van der Waals surface area (Å²) in [5.41, 5.74) is 3.74. The van der Waals surface area contributed by atoms with Crippen molar-refractivity contribution in [1.82, 2.24) is 4.98 Å². The van der Waals surface area contributed by atoms with Gasteiger partial charge in [0, 0.05) is 17.4 Å². The van der Waals surface area contributed by atoms with E-state index >= 15 is 0 Å². The Morgan fingerprint density at radius 3 is 2.52 bits per heavy atom. The van der Waals surface area contributed by atoms with Crippen molar-refractivity contribution in [2.75, 3.05) is 11.9 Å². The minimum Gasteiger partial charge on any atom is -0.494 e. The number of aromatic nitrogens is 1. The molecule has 4 nitrogen and oxygen atoms in total. The monoisotopic (exact) mass is 334 g/mol. The second kappa shape index (κ2) is 8.31. The van der Waals surface area contributed by atoms with Gasteiger partial charge in [-0.3, -0.25) is 4.98 Å². The first-order chi connectivity index (χ1) is 12.3. The van der Waals surface area contributed by atoms with Crippen molar-refractivity contribution in [3.8, 4) is 5.75 Å². The quantitative estimate of drug-likeness (QED) is 0.681. The standard InChI is InChI=1S/C21H22N2O2/c1-2-25-20-12-11-18(14-17(20)15-24)23-21(16-8-4-3-5-9-16)19-10-6-7-13-22-19/h3-14,21,23-24H,2,15H2,1H3. The molecule has 2 N–H and O–H groups in total. The minimum atomic E-state index is -0.0770. The van der Waals surface area contributed by atoms with Crippen molar-refractivity contribution < 1.29 is 9.84 Å². The molecule has 0 fully saturated rings. The minimum absolute atomic E-state index is 0.0650. The molecule has 3 aromatic rings. The Morgan fingerprint density at radius 2 is 1.84 bits per heavy atom. The molecule has 4 heteroatoms. The Hall–Kier alpha value is -2.85. The van der Waals surface area contributed by atoms with Gasteiger partial charge in [-0.15, -0.1) is 0 Å². The number of ether oxygens (including phenoxy) is 1. The average Bonchev–Trinajstić information content (AvgIpc) is 2.68. The summed E-state index contributed by atoms with van der Waals surface area (Å²) < 4.78 is 5.56. The molecule has 0 saturated carbocycles. The molecule has 0 saturated heterocycles. The Morgan fingerprint density at radius 1 is 1.04 bits per heavy atom. The number of hydrogen-bond donors (Lipinski definition) is 2. The Kier molecular flexibility index (Phi) is 5.65. The molecule has 0 bridgehead atoms. The molecule has 0 amide bonds. The summed E-state index contributed by atoms with van der Waals surface area (Å²) in [5, 5.41) is 13.1. The molecule has 1 atom stereocenters. The number of pyridine rings is 1. The lowest BCUT2D eigenvalue weighted by molar-refractivity contribution is 0.267. The van der Waals surface area contributed by atoms with Crippen LogP contribution in [0.25, 0.3) is 0 Å². The van der Waals surface area contributed by atoms with Crippen LogP contribution in [0, 0.1) is 0 Å². The first-order valence-electron chi connectivity index (χ1n) is 8.40. The topological polar surface area (TPSA) is 54.4 Å². The van der Waals surface area contributed by atoms with Gasteiger partial charge in [0.1, 0.15) is 5.75 Å².